The van der Waals surface area contributed by atoms with Gasteiger partial charge in [-0.1, -0.05) is 27.7 Å². The van der Waals surface area contributed by atoms with E-state index in [1.165, 1.54) is 0 Å². The van der Waals surface area contributed by atoms with Gasteiger partial charge in [0, 0.05) is 18.4 Å². The zero-order valence-electron chi connectivity index (χ0n) is 16.1. The molecule has 0 aliphatic carbocycles. The van der Waals surface area contributed by atoms with Gasteiger partial charge >= 0.3 is 0 Å². The van der Waals surface area contributed by atoms with Gasteiger partial charge in [-0.05, 0) is 26.7 Å². The summed E-state index contributed by atoms with van der Waals surface area (Å²) in [7, 11) is -4.07. The third kappa shape index (κ3) is 14.8. The predicted octanol–water partition coefficient (Wildman–Crippen LogP) is 0.956. The molecule has 0 heterocycles. The maximum Gasteiger partial charge on any atom is 0.267 e. The van der Waals surface area contributed by atoms with Gasteiger partial charge in [0.25, 0.3) is 10.1 Å². The van der Waals surface area contributed by atoms with Crippen LogP contribution in [0.2, 0.25) is 0 Å². The minimum atomic E-state index is -4.07. The molecule has 9 heteroatoms. The fourth-order valence-electron chi connectivity index (χ4n) is 1.67. The summed E-state index contributed by atoms with van der Waals surface area (Å²) in [6.45, 7) is 11.0. The fraction of sp³-hybridized carbons (Fsp3) is 0.875. The molecule has 0 radical (unpaired) electrons. The summed E-state index contributed by atoms with van der Waals surface area (Å²) >= 11 is 0. The van der Waals surface area contributed by atoms with Crippen LogP contribution in [0.25, 0.3) is 0 Å². The Labute approximate surface area is 151 Å². The molecule has 0 aromatic rings. The van der Waals surface area contributed by atoms with Crippen molar-refractivity contribution in [2.45, 2.75) is 59.9 Å². The first-order valence-electron chi connectivity index (χ1n) is 8.45. The molecular formula is C16H34N2O6S. The molecule has 0 saturated heterocycles. The topological polar surface area (TPSA) is 133 Å². The zero-order valence-corrected chi connectivity index (χ0v) is 16.9. The molecule has 2 atom stereocenters. The predicted molar refractivity (Wildman–Crippen MR) is 97.6 cm³/mol. The molecule has 0 saturated carbocycles. The minimum absolute atomic E-state index is 0.0160. The van der Waals surface area contributed by atoms with E-state index in [0.717, 1.165) is 6.42 Å². The lowest BCUT2D eigenvalue weighted by Crippen LogP contribution is -2.49. The summed E-state index contributed by atoms with van der Waals surface area (Å²) in [5.41, 5.74) is -0.950. The van der Waals surface area contributed by atoms with Gasteiger partial charge in [-0.25, -0.2) is 0 Å². The van der Waals surface area contributed by atoms with Gasteiger partial charge in [-0.3, -0.25) is 14.1 Å². The third-order valence-corrected chi connectivity index (χ3v) is 4.62. The third-order valence-electron chi connectivity index (χ3n) is 3.54. The monoisotopic (exact) mass is 382 g/mol. The van der Waals surface area contributed by atoms with Crippen LogP contribution in [0.4, 0.5) is 0 Å². The molecule has 0 rings (SSSR count). The van der Waals surface area contributed by atoms with Crippen LogP contribution in [0.15, 0.2) is 0 Å². The molecule has 0 bridgehead atoms. The Morgan fingerprint density at radius 1 is 1.04 bits per heavy atom. The maximum absolute atomic E-state index is 11.5. The molecule has 0 aromatic carbocycles. The van der Waals surface area contributed by atoms with Crippen molar-refractivity contribution in [1.29, 1.82) is 0 Å². The lowest BCUT2D eigenvalue weighted by molar-refractivity contribution is -0.126. The SMILES string of the molecule is CCC(C)C(=O)NC(C)(C)CS(=O)(=O)O.CCC(C)C(=O)NCCO. The van der Waals surface area contributed by atoms with Crippen molar-refractivity contribution in [2.75, 3.05) is 18.9 Å². The molecule has 4 N–H and O–H groups in total. The van der Waals surface area contributed by atoms with E-state index < -0.39 is 21.4 Å². The average molecular weight is 383 g/mol. The molecule has 2 unspecified atom stereocenters. The van der Waals surface area contributed by atoms with Crippen LogP contribution in [0, 0.1) is 11.8 Å². The van der Waals surface area contributed by atoms with Crippen molar-refractivity contribution >= 4 is 21.9 Å². The van der Waals surface area contributed by atoms with Gasteiger partial charge in [0.05, 0.1) is 17.9 Å². The number of nitrogens with one attached hydrogen (secondary N) is 2. The van der Waals surface area contributed by atoms with Crippen molar-refractivity contribution in [3.63, 3.8) is 0 Å². The Bertz CT molecular complexity index is 505. The Morgan fingerprint density at radius 2 is 1.48 bits per heavy atom. The lowest BCUT2D eigenvalue weighted by atomic mass is 10.0. The highest BCUT2D eigenvalue weighted by atomic mass is 32.2. The number of aliphatic hydroxyl groups is 1. The van der Waals surface area contributed by atoms with Gasteiger partial charge in [0.1, 0.15) is 0 Å². The van der Waals surface area contributed by atoms with Gasteiger partial charge in [-0.15, -0.1) is 0 Å². The summed E-state index contributed by atoms with van der Waals surface area (Å²) in [5, 5.41) is 13.5. The molecule has 0 aliphatic rings. The number of amides is 2. The van der Waals surface area contributed by atoms with Gasteiger partial charge in [0.15, 0.2) is 0 Å². The summed E-state index contributed by atoms with van der Waals surface area (Å²) in [4.78, 5) is 22.4. The summed E-state index contributed by atoms with van der Waals surface area (Å²) in [6, 6.07) is 0. The van der Waals surface area contributed by atoms with Gasteiger partial charge in [0.2, 0.25) is 11.8 Å². The molecule has 150 valence electrons. The number of hydrogen-bond donors (Lipinski definition) is 4. The van der Waals surface area contributed by atoms with Crippen molar-refractivity contribution < 1.29 is 27.7 Å². The van der Waals surface area contributed by atoms with Crippen LogP contribution in [0.3, 0.4) is 0 Å². The molecule has 0 spiro atoms. The normalized spacial score (nSPS) is 13.9. The number of carbonyl (C=O) groups excluding carboxylic acids is 2. The molecule has 0 fully saturated rings. The standard InChI is InChI=1S/C9H19NO4S.C7H15NO2/c1-5-7(2)8(11)10-9(3,4)6-15(12,13)14;1-3-6(2)7(10)8-4-5-9/h7H,5-6H2,1-4H3,(H,10,11)(H,12,13,14);6,9H,3-5H2,1-2H3,(H,8,10). The first-order valence-corrected chi connectivity index (χ1v) is 10.1. The number of hydrogen-bond acceptors (Lipinski definition) is 5. The lowest BCUT2D eigenvalue weighted by Gasteiger charge is -2.26. The van der Waals surface area contributed by atoms with Crippen LogP contribution < -0.4 is 10.6 Å². The quantitative estimate of drug-likeness (QED) is 0.439. The summed E-state index contributed by atoms with van der Waals surface area (Å²) in [6.07, 6.45) is 1.53. The second-order valence-corrected chi connectivity index (χ2v) is 8.19. The van der Waals surface area contributed by atoms with Gasteiger partial charge in [-0.2, -0.15) is 8.42 Å². The van der Waals surface area contributed by atoms with Crippen molar-refractivity contribution in [1.82, 2.24) is 10.6 Å². The minimum Gasteiger partial charge on any atom is -0.395 e. The van der Waals surface area contributed by atoms with E-state index in [2.05, 4.69) is 10.6 Å². The Balaban J connectivity index is 0. The highest BCUT2D eigenvalue weighted by molar-refractivity contribution is 7.85. The van der Waals surface area contributed by atoms with Crippen LogP contribution in [-0.2, 0) is 19.7 Å². The first kappa shape index (κ1) is 26.0. The Hall–Kier alpha value is -1.19. The molecule has 8 nitrogen and oxygen atoms in total. The summed E-state index contributed by atoms with van der Waals surface area (Å²) in [5.74, 6) is -0.762. The number of rotatable bonds is 9. The van der Waals surface area contributed by atoms with E-state index in [1.54, 1.807) is 20.8 Å². The van der Waals surface area contributed by atoms with Crippen LogP contribution >= 0.6 is 0 Å². The van der Waals surface area contributed by atoms with E-state index in [0.29, 0.717) is 13.0 Å². The van der Waals surface area contributed by atoms with E-state index in [1.807, 2.05) is 20.8 Å². The smallest absolute Gasteiger partial charge is 0.267 e. The van der Waals surface area contributed by atoms with E-state index in [4.69, 9.17) is 9.66 Å². The second-order valence-electron chi connectivity index (χ2n) is 6.73. The molecular weight excluding hydrogens is 348 g/mol. The Morgan fingerprint density at radius 3 is 1.84 bits per heavy atom. The first-order chi connectivity index (χ1) is 11.3. The van der Waals surface area contributed by atoms with Crippen LogP contribution in [-0.4, -0.2) is 54.3 Å². The average Bonchev–Trinajstić information content (AvgIpc) is 2.48. The Kier molecular flexibility index (Phi) is 12.7. The van der Waals surface area contributed by atoms with Gasteiger partial charge < -0.3 is 15.7 Å². The molecule has 0 aromatic heterocycles. The van der Waals surface area contributed by atoms with Crippen LogP contribution in [0.5, 0.6) is 0 Å². The maximum atomic E-state index is 11.5. The van der Waals surface area contributed by atoms with Crippen LogP contribution in [0.1, 0.15) is 54.4 Å². The largest absolute Gasteiger partial charge is 0.395 e. The fourth-order valence-corrected chi connectivity index (χ4v) is 2.66. The van der Waals surface area contributed by atoms with Crippen molar-refractivity contribution in [2.24, 2.45) is 11.8 Å². The van der Waals surface area contributed by atoms with E-state index in [-0.39, 0.29) is 30.3 Å². The molecule has 25 heavy (non-hydrogen) atoms. The van der Waals surface area contributed by atoms with Crippen molar-refractivity contribution in [3.05, 3.63) is 0 Å². The zero-order chi connectivity index (χ0) is 20.3. The highest BCUT2D eigenvalue weighted by Crippen LogP contribution is 2.09. The summed E-state index contributed by atoms with van der Waals surface area (Å²) < 4.78 is 30.0. The molecule has 2 amide bonds. The van der Waals surface area contributed by atoms with E-state index >= 15 is 0 Å². The van der Waals surface area contributed by atoms with Crippen molar-refractivity contribution in [3.8, 4) is 0 Å². The highest BCUT2D eigenvalue weighted by Gasteiger charge is 2.27. The second kappa shape index (κ2) is 12.2. The number of aliphatic hydroxyl groups excluding tert-OH is 1. The number of carbonyl (C=O) groups is 2. The molecule has 0 aliphatic heterocycles. The van der Waals surface area contributed by atoms with E-state index in [9.17, 15) is 18.0 Å².